The summed E-state index contributed by atoms with van der Waals surface area (Å²) in [5.41, 5.74) is 0.413. The Morgan fingerprint density at radius 1 is 1.28 bits per heavy atom. The fraction of sp³-hybridized carbons (Fsp3) is 0.500. The first kappa shape index (κ1) is 12.0. The predicted octanol–water partition coefficient (Wildman–Crippen LogP) is 1.91. The number of ether oxygens (including phenoxy) is 3. The van der Waals surface area contributed by atoms with E-state index in [0.29, 0.717) is 37.7 Å². The van der Waals surface area contributed by atoms with Crippen LogP contribution in [0.5, 0.6) is 11.5 Å². The largest absolute Gasteiger partial charge is 0.486 e. The molecule has 0 radical (unpaired) electrons. The predicted molar refractivity (Wildman–Crippen MR) is 64.0 cm³/mol. The standard InChI is InChI=1S/C12H13ClFNO3/c13-10-11(14)7(9-6-15-1-2-16-9)5-8-12(10)18-4-3-17-8/h5,9,15H,1-4,6H2. The zero-order valence-electron chi connectivity index (χ0n) is 9.67. The number of hydrogen-bond acceptors (Lipinski definition) is 4. The Kier molecular flexibility index (Phi) is 3.28. The number of hydrogen-bond donors (Lipinski definition) is 1. The van der Waals surface area contributed by atoms with Crippen LogP contribution in [-0.2, 0) is 4.74 Å². The van der Waals surface area contributed by atoms with Gasteiger partial charge in [-0.1, -0.05) is 11.6 Å². The van der Waals surface area contributed by atoms with Crippen LogP contribution in [0.1, 0.15) is 11.7 Å². The molecule has 2 aliphatic rings. The number of halogens is 2. The Morgan fingerprint density at radius 2 is 2.11 bits per heavy atom. The second-order valence-corrected chi connectivity index (χ2v) is 4.56. The third-order valence-corrected chi connectivity index (χ3v) is 3.36. The van der Waals surface area contributed by atoms with Crippen molar-refractivity contribution in [2.45, 2.75) is 6.10 Å². The van der Waals surface area contributed by atoms with Crippen molar-refractivity contribution in [2.75, 3.05) is 32.9 Å². The molecule has 18 heavy (non-hydrogen) atoms. The van der Waals surface area contributed by atoms with Gasteiger partial charge >= 0.3 is 0 Å². The quantitative estimate of drug-likeness (QED) is 0.849. The minimum Gasteiger partial charge on any atom is -0.486 e. The maximum Gasteiger partial charge on any atom is 0.182 e. The van der Waals surface area contributed by atoms with E-state index in [1.54, 1.807) is 6.07 Å². The van der Waals surface area contributed by atoms with Crippen LogP contribution in [-0.4, -0.2) is 32.9 Å². The van der Waals surface area contributed by atoms with Gasteiger partial charge in [-0.2, -0.15) is 0 Å². The molecule has 1 fully saturated rings. The molecule has 2 aliphatic heterocycles. The molecule has 3 rings (SSSR count). The van der Waals surface area contributed by atoms with Crippen LogP contribution in [0.3, 0.4) is 0 Å². The van der Waals surface area contributed by atoms with Gasteiger partial charge in [0.15, 0.2) is 17.3 Å². The Bertz CT molecular complexity index is 463. The number of rotatable bonds is 1. The second kappa shape index (κ2) is 4.91. The summed E-state index contributed by atoms with van der Waals surface area (Å²) in [6, 6.07) is 1.62. The molecule has 0 aliphatic carbocycles. The van der Waals surface area contributed by atoms with Crippen LogP contribution in [0.25, 0.3) is 0 Å². The lowest BCUT2D eigenvalue weighted by Gasteiger charge is -2.27. The lowest BCUT2D eigenvalue weighted by molar-refractivity contribution is 0.0251. The van der Waals surface area contributed by atoms with E-state index in [1.807, 2.05) is 0 Å². The van der Waals surface area contributed by atoms with E-state index in [4.69, 9.17) is 25.8 Å². The van der Waals surface area contributed by atoms with Crippen LogP contribution in [0, 0.1) is 5.82 Å². The van der Waals surface area contributed by atoms with Gasteiger partial charge in [-0.05, 0) is 6.07 Å². The van der Waals surface area contributed by atoms with Gasteiger partial charge in [0, 0.05) is 18.7 Å². The molecular formula is C12H13ClFNO3. The van der Waals surface area contributed by atoms with Crippen LogP contribution in [0.4, 0.5) is 4.39 Å². The molecule has 0 bridgehead atoms. The van der Waals surface area contributed by atoms with Crippen LogP contribution >= 0.6 is 11.6 Å². The van der Waals surface area contributed by atoms with Crippen LogP contribution in [0.15, 0.2) is 6.07 Å². The molecule has 0 aromatic heterocycles. The highest BCUT2D eigenvalue weighted by molar-refractivity contribution is 6.32. The van der Waals surface area contributed by atoms with Crippen LogP contribution < -0.4 is 14.8 Å². The normalized spacial score (nSPS) is 22.9. The van der Waals surface area contributed by atoms with E-state index < -0.39 is 5.82 Å². The van der Waals surface area contributed by atoms with E-state index >= 15 is 0 Å². The zero-order chi connectivity index (χ0) is 12.5. The SMILES string of the molecule is Fc1c(C2CNCCO2)cc2c(c1Cl)OCCO2. The average molecular weight is 274 g/mol. The molecule has 1 aromatic rings. The van der Waals surface area contributed by atoms with Gasteiger partial charge in [0.2, 0.25) is 0 Å². The molecular weight excluding hydrogens is 261 g/mol. The van der Waals surface area contributed by atoms with E-state index in [-0.39, 0.29) is 16.9 Å². The van der Waals surface area contributed by atoms with Gasteiger partial charge in [-0.15, -0.1) is 0 Å². The van der Waals surface area contributed by atoms with Gasteiger partial charge in [-0.25, -0.2) is 4.39 Å². The van der Waals surface area contributed by atoms with Gasteiger partial charge in [0.1, 0.15) is 18.2 Å². The van der Waals surface area contributed by atoms with Gasteiger partial charge in [-0.3, -0.25) is 0 Å². The van der Waals surface area contributed by atoms with Crippen LogP contribution in [0.2, 0.25) is 5.02 Å². The second-order valence-electron chi connectivity index (χ2n) is 4.18. The van der Waals surface area contributed by atoms with Crippen molar-refractivity contribution in [2.24, 2.45) is 0 Å². The summed E-state index contributed by atoms with van der Waals surface area (Å²) < 4.78 is 30.5. The van der Waals surface area contributed by atoms with Crippen molar-refractivity contribution in [3.63, 3.8) is 0 Å². The highest BCUT2D eigenvalue weighted by Gasteiger charge is 2.27. The topological polar surface area (TPSA) is 39.7 Å². The molecule has 1 saturated heterocycles. The molecule has 0 spiro atoms. The summed E-state index contributed by atoms with van der Waals surface area (Å²) in [4.78, 5) is 0. The number of morpholine rings is 1. The third kappa shape index (κ3) is 2.02. The molecule has 2 heterocycles. The lowest BCUT2D eigenvalue weighted by Crippen LogP contribution is -2.34. The number of benzene rings is 1. The Balaban J connectivity index is 2.01. The van der Waals surface area contributed by atoms with E-state index in [0.717, 1.165) is 6.54 Å². The molecule has 6 heteroatoms. The molecule has 1 N–H and O–H groups in total. The zero-order valence-corrected chi connectivity index (χ0v) is 10.4. The van der Waals surface area contributed by atoms with Gasteiger partial charge in [0.05, 0.1) is 12.7 Å². The summed E-state index contributed by atoms with van der Waals surface area (Å²) in [5.74, 6) is 0.277. The molecule has 1 aromatic carbocycles. The van der Waals surface area contributed by atoms with Crippen molar-refractivity contribution in [1.82, 2.24) is 5.32 Å². The first-order valence-electron chi connectivity index (χ1n) is 5.87. The molecule has 4 nitrogen and oxygen atoms in total. The summed E-state index contributed by atoms with van der Waals surface area (Å²) in [7, 11) is 0. The molecule has 98 valence electrons. The van der Waals surface area contributed by atoms with Crippen molar-refractivity contribution in [3.05, 3.63) is 22.5 Å². The monoisotopic (exact) mass is 273 g/mol. The Labute approximate surface area is 109 Å². The van der Waals surface area contributed by atoms with E-state index in [9.17, 15) is 4.39 Å². The number of fused-ring (bicyclic) bond motifs is 1. The fourth-order valence-electron chi connectivity index (χ4n) is 2.14. The van der Waals surface area contributed by atoms with Crippen molar-refractivity contribution < 1.29 is 18.6 Å². The maximum absolute atomic E-state index is 14.2. The first-order valence-corrected chi connectivity index (χ1v) is 6.25. The van der Waals surface area contributed by atoms with Crippen molar-refractivity contribution >= 4 is 11.6 Å². The maximum atomic E-state index is 14.2. The molecule has 0 amide bonds. The third-order valence-electron chi connectivity index (χ3n) is 3.02. The summed E-state index contributed by atoms with van der Waals surface area (Å²) in [5, 5.41) is 3.12. The smallest absolute Gasteiger partial charge is 0.182 e. The highest BCUT2D eigenvalue weighted by Crippen LogP contribution is 2.42. The lowest BCUT2D eigenvalue weighted by atomic mass is 10.1. The van der Waals surface area contributed by atoms with Gasteiger partial charge in [0.25, 0.3) is 0 Å². The summed E-state index contributed by atoms with van der Waals surface area (Å²) >= 11 is 5.98. The van der Waals surface area contributed by atoms with E-state index in [2.05, 4.69) is 5.32 Å². The molecule has 0 saturated carbocycles. The summed E-state index contributed by atoms with van der Waals surface area (Å²) in [6.07, 6.45) is -0.341. The van der Waals surface area contributed by atoms with E-state index in [1.165, 1.54) is 0 Å². The minimum atomic E-state index is -0.491. The highest BCUT2D eigenvalue weighted by atomic mass is 35.5. The first-order chi connectivity index (χ1) is 8.77. The fourth-order valence-corrected chi connectivity index (χ4v) is 2.40. The minimum absolute atomic E-state index is 0.0311. The summed E-state index contributed by atoms with van der Waals surface area (Å²) in [6.45, 7) is 2.71. The Morgan fingerprint density at radius 3 is 2.89 bits per heavy atom. The Hall–Kier alpha value is -1.04. The van der Waals surface area contributed by atoms with Crippen molar-refractivity contribution in [1.29, 1.82) is 0 Å². The number of nitrogens with one attached hydrogen (secondary N) is 1. The molecule has 1 atom stereocenters. The van der Waals surface area contributed by atoms with Crippen molar-refractivity contribution in [3.8, 4) is 11.5 Å². The van der Waals surface area contributed by atoms with Gasteiger partial charge < -0.3 is 19.5 Å². The molecule has 1 unspecified atom stereocenters. The average Bonchev–Trinajstić information content (AvgIpc) is 2.44.